The van der Waals surface area contributed by atoms with Gasteiger partial charge in [-0.2, -0.15) is 0 Å². The standard InChI is InChI=1S/C26H24N2O7S/c1-5-33-25(30)22-14(2)27-26-28(23(22)16-7-9-18-20(12-16)35-13-34-18)24(29)21(36-26)11-15-6-8-17(31-3)19(10-15)32-4/h6-12,23H,5,13H2,1-4H3/b21-11+/t23-/m0/s1. The van der Waals surface area contributed by atoms with Crippen molar-refractivity contribution in [1.29, 1.82) is 0 Å². The van der Waals surface area contributed by atoms with Gasteiger partial charge in [-0.15, -0.1) is 0 Å². The fraction of sp³-hybridized carbons (Fsp3) is 0.269. The monoisotopic (exact) mass is 508 g/mol. The number of ether oxygens (including phenoxy) is 5. The third-order valence-corrected chi connectivity index (χ3v) is 6.92. The van der Waals surface area contributed by atoms with Crippen molar-refractivity contribution in [2.24, 2.45) is 4.99 Å². The van der Waals surface area contributed by atoms with E-state index in [9.17, 15) is 9.59 Å². The van der Waals surface area contributed by atoms with Gasteiger partial charge in [0.15, 0.2) is 27.8 Å². The molecule has 0 amide bonds. The summed E-state index contributed by atoms with van der Waals surface area (Å²) in [5, 5.41) is 0. The lowest BCUT2D eigenvalue weighted by Crippen LogP contribution is -2.39. The fourth-order valence-electron chi connectivity index (χ4n) is 4.28. The maximum absolute atomic E-state index is 13.7. The van der Waals surface area contributed by atoms with Crippen LogP contribution in [-0.2, 0) is 9.53 Å². The van der Waals surface area contributed by atoms with E-state index in [4.69, 9.17) is 23.7 Å². The van der Waals surface area contributed by atoms with Crippen molar-refractivity contribution in [2.75, 3.05) is 27.6 Å². The predicted molar refractivity (Wildman–Crippen MR) is 133 cm³/mol. The fourth-order valence-corrected chi connectivity index (χ4v) is 5.33. The van der Waals surface area contributed by atoms with Crippen LogP contribution in [0.5, 0.6) is 23.0 Å². The number of hydrogen-bond acceptors (Lipinski definition) is 9. The molecular formula is C26H24N2O7S. The molecule has 0 bridgehead atoms. The van der Waals surface area contributed by atoms with Gasteiger partial charge in [-0.1, -0.05) is 23.5 Å². The molecule has 2 aliphatic rings. The van der Waals surface area contributed by atoms with Crippen LogP contribution in [0.4, 0.5) is 0 Å². The number of methoxy groups -OCH3 is 2. The summed E-state index contributed by atoms with van der Waals surface area (Å²) in [5.41, 5.74) is 1.98. The Morgan fingerprint density at radius 1 is 1.14 bits per heavy atom. The van der Waals surface area contributed by atoms with Crippen LogP contribution in [-0.4, -0.2) is 38.2 Å². The van der Waals surface area contributed by atoms with Gasteiger partial charge in [-0.25, -0.2) is 9.79 Å². The van der Waals surface area contributed by atoms with Crippen molar-refractivity contribution in [3.8, 4) is 23.0 Å². The summed E-state index contributed by atoms with van der Waals surface area (Å²) in [5.74, 6) is 1.79. The van der Waals surface area contributed by atoms with Crippen LogP contribution in [0.1, 0.15) is 31.0 Å². The topological polar surface area (TPSA) is 97.6 Å². The van der Waals surface area contributed by atoms with Gasteiger partial charge in [0.2, 0.25) is 6.79 Å². The second kappa shape index (κ2) is 9.54. The molecule has 186 valence electrons. The highest BCUT2D eigenvalue weighted by Crippen LogP contribution is 2.38. The number of nitrogens with zero attached hydrogens (tertiary/aromatic N) is 2. The molecule has 1 aromatic heterocycles. The zero-order valence-corrected chi connectivity index (χ0v) is 21.0. The molecule has 0 saturated carbocycles. The minimum absolute atomic E-state index is 0.118. The lowest BCUT2D eigenvalue weighted by atomic mass is 9.95. The van der Waals surface area contributed by atoms with Crippen molar-refractivity contribution in [3.63, 3.8) is 0 Å². The molecule has 0 unspecified atom stereocenters. The first-order chi connectivity index (χ1) is 17.4. The first-order valence-electron chi connectivity index (χ1n) is 11.3. The summed E-state index contributed by atoms with van der Waals surface area (Å²) in [7, 11) is 3.12. The molecule has 10 heteroatoms. The second-order valence-electron chi connectivity index (χ2n) is 8.03. The van der Waals surface area contributed by atoms with E-state index in [-0.39, 0.29) is 19.0 Å². The smallest absolute Gasteiger partial charge is 0.338 e. The van der Waals surface area contributed by atoms with E-state index < -0.39 is 12.0 Å². The van der Waals surface area contributed by atoms with E-state index in [0.29, 0.717) is 49.2 Å². The van der Waals surface area contributed by atoms with E-state index in [2.05, 4.69) is 4.99 Å². The first kappa shape index (κ1) is 23.7. The van der Waals surface area contributed by atoms with Crippen molar-refractivity contribution in [2.45, 2.75) is 19.9 Å². The third-order valence-electron chi connectivity index (χ3n) is 5.93. The van der Waals surface area contributed by atoms with Crippen LogP contribution in [0.15, 0.2) is 57.5 Å². The molecule has 0 N–H and O–H groups in total. The number of esters is 1. The third kappa shape index (κ3) is 4.03. The normalized spacial score (nSPS) is 16.4. The number of aromatic nitrogens is 1. The Hall–Kier alpha value is -4.05. The van der Waals surface area contributed by atoms with Crippen molar-refractivity contribution in [3.05, 3.63) is 78.5 Å². The maximum Gasteiger partial charge on any atom is 0.338 e. The highest BCUT2D eigenvalue weighted by Gasteiger charge is 2.34. The van der Waals surface area contributed by atoms with E-state index in [1.165, 1.54) is 15.9 Å². The summed E-state index contributed by atoms with van der Waals surface area (Å²) in [6.07, 6.45) is 1.77. The molecule has 2 aromatic carbocycles. The maximum atomic E-state index is 13.7. The Morgan fingerprint density at radius 3 is 2.67 bits per heavy atom. The summed E-state index contributed by atoms with van der Waals surface area (Å²) in [6, 6.07) is 10.1. The van der Waals surface area contributed by atoms with Crippen LogP contribution >= 0.6 is 11.3 Å². The minimum atomic E-state index is -0.734. The van der Waals surface area contributed by atoms with Crippen LogP contribution in [0, 0.1) is 0 Å². The van der Waals surface area contributed by atoms with Crippen LogP contribution in [0.2, 0.25) is 0 Å². The summed E-state index contributed by atoms with van der Waals surface area (Å²) in [4.78, 5) is 31.9. The minimum Gasteiger partial charge on any atom is -0.493 e. The van der Waals surface area contributed by atoms with Crippen LogP contribution in [0.25, 0.3) is 6.08 Å². The summed E-state index contributed by atoms with van der Waals surface area (Å²) < 4.78 is 29.0. The van der Waals surface area contributed by atoms with E-state index in [1.54, 1.807) is 58.4 Å². The molecule has 3 heterocycles. The Morgan fingerprint density at radius 2 is 1.92 bits per heavy atom. The zero-order chi connectivity index (χ0) is 25.4. The average molecular weight is 509 g/mol. The number of fused-ring (bicyclic) bond motifs is 2. The van der Waals surface area contributed by atoms with E-state index >= 15 is 0 Å². The Bertz CT molecular complexity index is 1570. The molecule has 9 nitrogen and oxygen atoms in total. The van der Waals surface area contributed by atoms with Crippen molar-refractivity contribution < 1.29 is 28.5 Å². The molecule has 5 rings (SSSR count). The lowest BCUT2D eigenvalue weighted by molar-refractivity contribution is -0.139. The molecule has 2 aliphatic heterocycles. The number of hydrogen-bond donors (Lipinski definition) is 0. The molecular weight excluding hydrogens is 484 g/mol. The number of rotatable bonds is 6. The molecule has 0 saturated heterocycles. The molecule has 1 atom stereocenters. The molecule has 36 heavy (non-hydrogen) atoms. The number of carbonyl (C=O) groups is 1. The highest BCUT2D eigenvalue weighted by molar-refractivity contribution is 7.07. The predicted octanol–water partition coefficient (Wildman–Crippen LogP) is 2.54. The largest absolute Gasteiger partial charge is 0.493 e. The first-order valence-corrected chi connectivity index (χ1v) is 12.1. The van der Waals surface area contributed by atoms with Gasteiger partial charge < -0.3 is 23.7 Å². The molecule has 0 fully saturated rings. The van der Waals surface area contributed by atoms with Gasteiger partial charge in [0.25, 0.3) is 5.56 Å². The number of thiazole rings is 1. The summed E-state index contributed by atoms with van der Waals surface area (Å²) in [6.45, 7) is 3.80. The van der Waals surface area contributed by atoms with Gasteiger partial charge in [0.05, 0.1) is 42.7 Å². The SMILES string of the molecule is CCOC(=O)C1=C(C)N=c2s/c(=C/c3ccc(OC)c(OC)c3)c(=O)n2[C@H]1c1ccc2c(c1)OCO2. The quantitative estimate of drug-likeness (QED) is 0.472. The highest BCUT2D eigenvalue weighted by atomic mass is 32.1. The van der Waals surface area contributed by atoms with Gasteiger partial charge in [-0.3, -0.25) is 9.36 Å². The summed E-state index contributed by atoms with van der Waals surface area (Å²) >= 11 is 1.25. The molecule has 0 aliphatic carbocycles. The lowest BCUT2D eigenvalue weighted by Gasteiger charge is -2.24. The van der Waals surface area contributed by atoms with Gasteiger partial charge >= 0.3 is 5.97 Å². The Balaban J connectivity index is 1.70. The van der Waals surface area contributed by atoms with E-state index in [0.717, 1.165) is 5.56 Å². The van der Waals surface area contributed by atoms with E-state index in [1.807, 2.05) is 12.1 Å². The van der Waals surface area contributed by atoms with Crippen molar-refractivity contribution >= 4 is 23.4 Å². The van der Waals surface area contributed by atoms with Gasteiger partial charge in [0, 0.05) is 0 Å². The number of carbonyl (C=O) groups excluding carboxylic acids is 1. The molecule has 0 radical (unpaired) electrons. The van der Waals surface area contributed by atoms with Gasteiger partial charge in [-0.05, 0) is 55.3 Å². The Kier molecular flexibility index (Phi) is 6.27. The second-order valence-corrected chi connectivity index (χ2v) is 9.04. The van der Waals surface area contributed by atoms with Crippen LogP contribution < -0.4 is 33.8 Å². The zero-order valence-electron chi connectivity index (χ0n) is 20.2. The average Bonchev–Trinajstić information content (AvgIpc) is 3.46. The molecule has 0 spiro atoms. The molecule has 3 aromatic rings. The van der Waals surface area contributed by atoms with Crippen LogP contribution in [0.3, 0.4) is 0 Å². The Labute approximate surface area is 210 Å². The number of allylic oxidation sites excluding steroid dienone is 1. The van der Waals surface area contributed by atoms with Gasteiger partial charge in [0.1, 0.15) is 0 Å². The number of benzene rings is 2. The van der Waals surface area contributed by atoms with Crippen molar-refractivity contribution in [1.82, 2.24) is 4.57 Å².